The SMILES string of the molecule is C=C1C[C@]23C[C@]1(O)CC[C@H]2C1=C[C@@H]2OC(=O)[C@@](C)([C@H]1[C@@H]3C(=O)N[C@H](C)[C@@H](C)CC)[C@H]2O. The monoisotopic (exact) mass is 429 g/mol. The Morgan fingerprint density at radius 2 is 2.13 bits per heavy atom. The number of esters is 1. The molecular weight excluding hydrogens is 394 g/mol. The van der Waals surface area contributed by atoms with Crippen molar-refractivity contribution in [3.05, 3.63) is 23.8 Å². The average molecular weight is 430 g/mol. The van der Waals surface area contributed by atoms with E-state index in [1.165, 1.54) is 0 Å². The van der Waals surface area contributed by atoms with Crippen LogP contribution in [0.3, 0.4) is 0 Å². The van der Waals surface area contributed by atoms with Gasteiger partial charge < -0.3 is 20.3 Å². The van der Waals surface area contributed by atoms with E-state index in [-0.39, 0.29) is 17.9 Å². The number of carbonyl (C=O) groups excluding carboxylic acids is 2. The number of aliphatic hydroxyl groups excluding tert-OH is 1. The Bertz CT molecular complexity index is 896. The van der Waals surface area contributed by atoms with E-state index >= 15 is 0 Å². The number of hydrogen-bond acceptors (Lipinski definition) is 5. The van der Waals surface area contributed by atoms with Crippen LogP contribution in [-0.4, -0.2) is 45.9 Å². The minimum atomic E-state index is -1.15. The molecule has 1 aliphatic heterocycles. The fourth-order valence-corrected chi connectivity index (χ4v) is 7.69. The molecule has 6 heteroatoms. The number of rotatable bonds is 4. The summed E-state index contributed by atoms with van der Waals surface area (Å²) in [4.78, 5) is 26.9. The van der Waals surface area contributed by atoms with Crippen LogP contribution < -0.4 is 5.32 Å². The number of fused-ring (bicyclic) bond motifs is 6. The maximum atomic E-state index is 13.9. The first kappa shape index (κ1) is 21.2. The number of amides is 1. The van der Waals surface area contributed by atoms with Gasteiger partial charge in [0.05, 0.1) is 11.5 Å². The van der Waals surface area contributed by atoms with E-state index in [2.05, 4.69) is 25.7 Å². The van der Waals surface area contributed by atoms with Gasteiger partial charge in [-0.25, -0.2) is 0 Å². The predicted molar refractivity (Wildman–Crippen MR) is 115 cm³/mol. The zero-order valence-electron chi connectivity index (χ0n) is 19.0. The molecule has 0 aromatic rings. The largest absolute Gasteiger partial charge is 0.455 e. The van der Waals surface area contributed by atoms with Crippen LogP contribution in [0.2, 0.25) is 0 Å². The first-order chi connectivity index (χ1) is 14.5. The summed E-state index contributed by atoms with van der Waals surface area (Å²) in [6.07, 6.45) is 3.74. The van der Waals surface area contributed by atoms with Crippen LogP contribution in [0.25, 0.3) is 0 Å². The molecule has 3 saturated carbocycles. The summed E-state index contributed by atoms with van der Waals surface area (Å²) in [5.41, 5.74) is -0.667. The summed E-state index contributed by atoms with van der Waals surface area (Å²) in [6.45, 7) is 12.2. The van der Waals surface area contributed by atoms with Crippen molar-refractivity contribution in [2.24, 2.45) is 34.5 Å². The molecule has 5 aliphatic rings. The lowest BCUT2D eigenvalue weighted by atomic mass is 9.60. The van der Waals surface area contributed by atoms with E-state index < -0.39 is 46.4 Å². The zero-order chi connectivity index (χ0) is 22.5. The molecule has 0 aromatic heterocycles. The van der Waals surface area contributed by atoms with Gasteiger partial charge >= 0.3 is 5.97 Å². The van der Waals surface area contributed by atoms with Gasteiger partial charge in [0.2, 0.25) is 5.91 Å². The molecule has 3 N–H and O–H groups in total. The molecule has 1 amide bonds. The van der Waals surface area contributed by atoms with Gasteiger partial charge in [0.25, 0.3) is 0 Å². The third-order valence-electron chi connectivity index (χ3n) is 9.84. The highest BCUT2D eigenvalue weighted by Gasteiger charge is 2.75. The van der Waals surface area contributed by atoms with Crippen LogP contribution >= 0.6 is 0 Å². The van der Waals surface area contributed by atoms with E-state index in [0.717, 1.165) is 24.0 Å². The van der Waals surface area contributed by atoms with Gasteiger partial charge in [-0.2, -0.15) is 0 Å². The number of nitrogens with one attached hydrogen (secondary N) is 1. The topological polar surface area (TPSA) is 95.9 Å². The lowest BCUT2D eigenvalue weighted by Gasteiger charge is -2.43. The average Bonchev–Trinajstić information content (AvgIpc) is 3.15. The van der Waals surface area contributed by atoms with Crippen LogP contribution in [0.4, 0.5) is 0 Å². The summed E-state index contributed by atoms with van der Waals surface area (Å²) >= 11 is 0. The van der Waals surface area contributed by atoms with Gasteiger partial charge in [-0.3, -0.25) is 9.59 Å². The highest BCUT2D eigenvalue weighted by atomic mass is 16.6. The fourth-order valence-electron chi connectivity index (χ4n) is 7.69. The van der Waals surface area contributed by atoms with Gasteiger partial charge in [-0.15, -0.1) is 0 Å². The molecule has 0 radical (unpaired) electrons. The van der Waals surface area contributed by atoms with E-state index in [1.54, 1.807) is 6.92 Å². The maximum absolute atomic E-state index is 13.9. The number of carbonyl (C=O) groups is 2. The fraction of sp³-hybridized carbons (Fsp3) is 0.760. The Kier molecular flexibility index (Phi) is 4.41. The summed E-state index contributed by atoms with van der Waals surface area (Å²) in [6, 6.07) is -0.00273. The van der Waals surface area contributed by atoms with Crippen molar-refractivity contribution in [3.8, 4) is 0 Å². The lowest BCUT2D eigenvalue weighted by Crippen LogP contribution is -2.53. The molecule has 0 aromatic carbocycles. The Balaban J connectivity index is 1.63. The molecule has 0 unspecified atom stereocenters. The van der Waals surface area contributed by atoms with Crippen LogP contribution in [0.5, 0.6) is 0 Å². The number of aliphatic hydroxyl groups is 2. The van der Waals surface area contributed by atoms with Crippen molar-refractivity contribution >= 4 is 11.9 Å². The second-order valence-corrected chi connectivity index (χ2v) is 11.2. The molecule has 1 spiro atoms. The molecule has 31 heavy (non-hydrogen) atoms. The van der Waals surface area contributed by atoms with Gasteiger partial charge in [-0.1, -0.05) is 32.4 Å². The summed E-state index contributed by atoms with van der Waals surface area (Å²) in [5.74, 6) is -1.00. The smallest absolute Gasteiger partial charge is 0.315 e. The molecule has 5 rings (SSSR count). The lowest BCUT2D eigenvalue weighted by molar-refractivity contribution is -0.151. The van der Waals surface area contributed by atoms with Crippen molar-refractivity contribution in [1.29, 1.82) is 0 Å². The highest BCUT2D eigenvalue weighted by molar-refractivity contribution is 5.88. The van der Waals surface area contributed by atoms with E-state index in [0.29, 0.717) is 25.2 Å². The van der Waals surface area contributed by atoms with E-state index in [4.69, 9.17) is 4.74 Å². The molecule has 1 heterocycles. The third-order valence-corrected chi connectivity index (χ3v) is 9.84. The summed E-state index contributed by atoms with van der Waals surface area (Å²) < 4.78 is 5.54. The van der Waals surface area contributed by atoms with E-state index in [1.807, 2.05) is 13.0 Å². The van der Waals surface area contributed by atoms with Gasteiger partial charge in [0.15, 0.2) is 0 Å². The summed E-state index contributed by atoms with van der Waals surface area (Å²) in [7, 11) is 0. The van der Waals surface area contributed by atoms with Crippen LogP contribution in [-0.2, 0) is 14.3 Å². The zero-order valence-corrected chi connectivity index (χ0v) is 19.0. The molecule has 4 bridgehead atoms. The Labute approximate surface area is 184 Å². The van der Waals surface area contributed by atoms with Crippen LogP contribution in [0.1, 0.15) is 59.8 Å². The van der Waals surface area contributed by atoms with Crippen molar-refractivity contribution in [2.75, 3.05) is 0 Å². The Morgan fingerprint density at radius 3 is 2.81 bits per heavy atom. The summed E-state index contributed by atoms with van der Waals surface area (Å²) in [5, 5.41) is 25.5. The molecule has 4 fully saturated rings. The third kappa shape index (κ3) is 2.46. The number of hydrogen-bond donors (Lipinski definition) is 3. The first-order valence-electron chi connectivity index (χ1n) is 11.8. The Hall–Kier alpha value is -1.66. The minimum Gasteiger partial charge on any atom is -0.455 e. The second kappa shape index (κ2) is 6.44. The van der Waals surface area contributed by atoms with Crippen LogP contribution in [0.15, 0.2) is 23.8 Å². The Morgan fingerprint density at radius 1 is 1.42 bits per heavy atom. The van der Waals surface area contributed by atoms with Crippen molar-refractivity contribution in [3.63, 3.8) is 0 Å². The molecule has 6 nitrogen and oxygen atoms in total. The molecular formula is C25H35NO5. The number of allylic oxidation sites excluding steroid dienone is 1. The maximum Gasteiger partial charge on any atom is 0.315 e. The number of ether oxygens (including phenoxy) is 1. The first-order valence-corrected chi connectivity index (χ1v) is 11.8. The van der Waals surface area contributed by atoms with Gasteiger partial charge in [-0.05, 0) is 68.4 Å². The van der Waals surface area contributed by atoms with Crippen molar-refractivity contribution in [2.45, 2.75) is 83.6 Å². The van der Waals surface area contributed by atoms with Gasteiger partial charge in [0.1, 0.15) is 17.6 Å². The molecule has 1 saturated heterocycles. The molecule has 170 valence electrons. The van der Waals surface area contributed by atoms with Crippen molar-refractivity contribution < 1.29 is 24.5 Å². The molecule has 10 atom stereocenters. The normalized spacial score (nSPS) is 49.1. The quantitative estimate of drug-likeness (QED) is 0.471. The highest BCUT2D eigenvalue weighted by Crippen LogP contribution is 2.74. The van der Waals surface area contributed by atoms with Crippen LogP contribution in [0, 0.1) is 34.5 Å². The van der Waals surface area contributed by atoms with Gasteiger partial charge in [0, 0.05) is 12.0 Å². The second-order valence-electron chi connectivity index (χ2n) is 11.2. The van der Waals surface area contributed by atoms with Crippen molar-refractivity contribution in [1.82, 2.24) is 5.32 Å². The predicted octanol–water partition coefficient (Wildman–Crippen LogP) is 2.49. The minimum absolute atomic E-state index is 0.00273. The molecule has 4 aliphatic carbocycles. The standard InChI is InChI=1S/C25H35NO5/c1-6-12(2)14(4)26-21(28)19-18-15(9-17-20(27)23(18,5)22(29)31-17)16-7-8-25(30)11-24(16,19)10-13(25)3/h9,12,14,16-20,27,30H,3,6-8,10-11H2,1-2,4-5H3,(H,26,28)/t12-,14+,16-,17-,18+,19+,20-,23-,24-,25+/m0/s1. The van der Waals surface area contributed by atoms with E-state index in [9.17, 15) is 19.8 Å².